The maximum absolute atomic E-state index is 12.3. The number of piperazine rings is 1. The van der Waals surface area contributed by atoms with Crippen LogP contribution >= 0.6 is 23.2 Å². The molecule has 1 aliphatic heterocycles. The molecule has 0 spiro atoms. The highest BCUT2D eigenvalue weighted by Crippen LogP contribution is 2.25. The Labute approximate surface area is 152 Å². The number of aryl methyl sites for hydroxylation is 2. The maximum atomic E-state index is 12.3. The molecule has 1 aromatic carbocycles. The Morgan fingerprint density at radius 3 is 2.04 bits per heavy atom. The fourth-order valence-corrected chi connectivity index (χ4v) is 2.94. The minimum atomic E-state index is -0.0790. The van der Waals surface area contributed by atoms with Crippen LogP contribution in [-0.2, 0) is 9.59 Å². The lowest BCUT2D eigenvalue weighted by molar-refractivity contribution is -0.140. The fraction of sp³-hybridized carbons (Fsp3) is 0.529. The van der Waals surface area contributed by atoms with E-state index in [1.54, 1.807) is 9.80 Å². The van der Waals surface area contributed by atoms with Gasteiger partial charge in [-0.15, -0.1) is 11.6 Å². The Kier molecular flexibility index (Phi) is 6.75. The van der Waals surface area contributed by atoms with Crippen molar-refractivity contribution in [3.63, 3.8) is 0 Å². The van der Waals surface area contributed by atoms with Crippen molar-refractivity contribution in [2.24, 2.45) is 0 Å². The molecule has 0 atom stereocenters. The number of carbonyl (C=O) groups excluding carboxylic acids is 2. The first-order valence-corrected chi connectivity index (χ1v) is 8.84. The van der Waals surface area contributed by atoms with Crippen molar-refractivity contribution < 1.29 is 14.3 Å². The van der Waals surface area contributed by atoms with Crippen LogP contribution in [0, 0.1) is 13.8 Å². The number of carbonyl (C=O) groups is 2. The van der Waals surface area contributed by atoms with Crippen LogP contribution in [0.4, 0.5) is 0 Å². The summed E-state index contributed by atoms with van der Waals surface area (Å²) in [6.45, 7) is 5.92. The van der Waals surface area contributed by atoms with Crippen molar-refractivity contribution in [3.8, 4) is 5.75 Å². The average Bonchev–Trinajstić information content (AvgIpc) is 2.57. The SMILES string of the molecule is Cc1cc(OCC(=O)N2CCN(C(=O)CCCl)CC2)cc(C)c1Cl. The number of halogens is 2. The molecular formula is C17H22Cl2N2O3. The third kappa shape index (κ3) is 4.77. The lowest BCUT2D eigenvalue weighted by Crippen LogP contribution is -2.51. The first kappa shape index (κ1) is 18.9. The standard InChI is InChI=1S/C17H22Cl2N2O3/c1-12-9-14(10-13(2)17(12)19)24-11-16(23)21-7-5-20(6-8-21)15(22)3-4-18/h9-10H,3-8,11H2,1-2H3. The van der Waals surface area contributed by atoms with E-state index in [0.29, 0.717) is 49.3 Å². The molecule has 0 N–H and O–H groups in total. The number of amides is 2. The zero-order valence-corrected chi connectivity index (χ0v) is 15.5. The van der Waals surface area contributed by atoms with E-state index in [1.807, 2.05) is 26.0 Å². The Bertz CT molecular complexity index is 591. The van der Waals surface area contributed by atoms with Crippen LogP contribution in [0.3, 0.4) is 0 Å². The molecule has 132 valence electrons. The molecule has 1 saturated heterocycles. The summed E-state index contributed by atoms with van der Waals surface area (Å²) in [4.78, 5) is 27.5. The van der Waals surface area contributed by atoms with E-state index in [4.69, 9.17) is 27.9 Å². The highest BCUT2D eigenvalue weighted by molar-refractivity contribution is 6.32. The van der Waals surface area contributed by atoms with Crippen LogP contribution in [0.1, 0.15) is 17.5 Å². The van der Waals surface area contributed by atoms with Gasteiger partial charge in [-0.25, -0.2) is 0 Å². The predicted molar refractivity (Wildman–Crippen MR) is 94.9 cm³/mol. The summed E-state index contributed by atoms with van der Waals surface area (Å²) in [5, 5.41) is 0.714. The van der Waals surface area contributed by atoms with Crippen LogP contribution in [0.15, 0.2) is 12.1 Å². The second-order valence-electron chi connectivity index (χ2n) is 5.86. The van der Waals surface area contributed by atoms with Gasteiger partial charge in [0.05, 0.1) is 0 Å². The molecule has 24 heavy (non-hydrogen) atoms. The summed E-state index contributed by atoms with van der Waals surface area (Å²) in [7, 11) is 0. The third-order valence-corrected chi connectivity index (χ3v) is 4.85. The monoisotopic (exact) mass is 372 g/mol. The minimum Gasteiger partial charge on any atom is -0.484 e. The molecule has 1 aliphatic rings. The molecule has 0 bridgehead atoms. The van der Waals surface area contributed by atoms with Crippen LogP contribution in [0.2, 0.25) is 5.02 Å². The first-order chi connectivity index (χ1) is 11.4. The van der Waals surface area contributed by atoms with Gasteiger partial charge in [0.1, 0.15) is 5.75 Å². The number of nitrogens with zero attached hydrogens (tertiary/aromatic N) is 2. The number of benzene rings is 1. The van der Waals surface area contributed by atoms with Crippen molar-refractivity contribution >= 4 is 35.0 Å². The van der Waals surface area contributed by atoms with Crippen LogP contribution in [0.25, 0.3) is 0 Å². The summed E-state index contributed by atoms with van der Waals surface area (Å²) in [6, 6.07) is 3.65. The van der Waals surface area contributed by atoms with Gasteiger partial charge in [0.15, 0.2) is 6.61 Å². The highest BCUT2D eigenvalue weighted by atomic mass is 35.5. The molecule has 1 heterocycles. The zero-order chi connectivity index (χ0) is 17.7. The smallest absolute Gasteiger partial charge is 0.260 e. The molecule has 0 aliphatic carbocycles. The molecule has 0 unspecified atom stereocenters. The molecule has 0 radical (unpaired) electrons. The molecule has 0 saturated carbocycles. The number of hydrogen-bond acceptors (Lipinski definition) is 3. The molecule has 5 nitrogen and oxygen atoms in total. The third-order valence-electron chi connectivity index (χ3n) is 4.07. The number of hydrogen-bond donors (Lipinski definition) is 0. The van der Waals surface area contributed by atoms with Crippen molar-refractivity contribution in [3.05, 3.63) is 28.3 Å². The topological polar surface area (TPSA) is 49.9 Å². The van der Waals surface area contributed by atoms with Crippen LogP contribution in [-0.4, -0.2) is 60.3 Å². The summed E-state index contributed by atoms with van der Waals surface area (Å²) >= 11 is 11.7. The molecule has 7 heteroatoms. The molecule has 1 fully saturated rings. The normalized spacial score (nSPS) is 14.7. The summed E-state index contributed by atoms with van der Waals surface area (Å²) in [5.74, 6) is 0.926. The van der Waals surface area contributed by atoms with E-state index in [0.717, 1.165) is 11.1 Å². The van der Waals surface area contributed by atoms with Gasteiger partial charge in [0.25, 0.3) is 5.91 Å². The average molecular weight is 373 g/mol. The van der Waals surface area contributed by atoms with Gasteiger partial charge in [0.2, 0.25) is 5.91 Å². The van der Waals surface area contributed by atoms with Gasteiger partial charge in [-0.1, -0.05) is 11.6 Å². The van der Waals surface area contributed by atoms with Gasteiger partial charge < -0.3 is 14.5 Å². The second kappa shape index (κ2) is 8.58. The van der Waals surface area contributed by atoms with E-state index in [2.05, 4.69) is 0 Å². The largest absolute Gasteiger partial charge is 0.484 e. The molecule has 1 aromatic rings. The lowest BCUT2D eigenvalue weighted by atomic mass is 10.1. The number of ether oxygens (including phenoxy) is 1. The van der Waals surface area contributed by atoms with Crippen molar-refractivity contribution in [1.82, 2.24) is 9.80 Å². The number of rotatable bonds is 5. The molecule has 2 rings (SSSR count). The van der Waals surface area contributed by atoms with E-state index in [9.17, 15) is 9.59 Å². The Morgan fingerprint density at radius 1 is 1.04 bits per heavy atom. The van der Waals surface area contributed by atoms with Gasteiger partial charge in [-0.2, -0.15) is 0 Å². The number of alkyl halides is 1. The maximum Gasteiger partial charge on any atom is 0.260 e. The fourth-order valence-electron chi connectivity index (χ4n) is 2.67. The minimum absolute atomic E-state index is 0.0177. The van der Waals surface area contributed by atoms with Crippen LogP contribution in [0.5, 0.6) is 5.75 Å². The van der Waals surface area contributed by atoms with Crippen molar-refractivity contribution in [1.29, 1.82) is 0 Å². The lowest BCUT2D eigenvalue weighted by Gasteiger charge is -2.34. The van der Waals surface area contributed by atoms with Gasteiger partial charge in [-0.05, 0) is 37.1 Å². The molecule has 0 aromatic heterocycles. The van der Waals surface area contributed by atoms with Gasteiger partial charge in [0, 0.05) is 43.5 Å². The highest BCUT2D eigenvalue weighted by Gasteiger charge is 2.24. The Hall–Kier alpha value is -1.46. The Balaban J connectivity index is 1.83. The van der Waals surface area contributed by atoms with Crippen molar-refractivity contribution in [2.75, 3.05) is 38.7 Å². The quantitative estimate of drug-likeness (QED) is 0.746. The van der Waals surface area contributed by atoms with Crippen LogP contribution < -0.4 is 4.74 Å². The molecule has 2 amide bonds. The van der Waals surface area contributed by atoms with E-state index >= 15 is 0 Å². The van der Waals surface area contributed by atoms with E-state index < -0.39 is 0 Å². The van der Waals surface area contributed by atoms with E-state index in [1.165, 1.54) is 0 Å². The zero-order valence-electron chi connectivity index (χ0n) is 14.0. The van der Waals surface area contributed by atoms with Gasteiger partial charge >= 0.3 is 0 Å². The van der Waals surface area contributed by atoms with Crippen molar-refractivity contribution in [2.45, 2.75) is 20.3 Å². The Morgan fingerprint density at radius 2 is 1.54 bits per heavy atom. The summed E-state index contributed by atoms with van der Waals surface area (Å²) < 4.78 is 5.60. The predicted octanol–water partition coefficient (Wildman–Crippen LogP) is 2.64. The summed E-state index contributed by atoms with van der Waals surface area (Å²) in [6.07, 6.45) is 0.341. The van der Waals surface area contributed by atoms with Gasteiger partial charge in [-0.3, -0.25) is 9.59 Å². The second-order valence-corrected chi connectivity index (χ2v) is 6.62. The van der Waals surface area contributed by atoms with E-state index in [-0.39, 0.29) is 18.4 Å². The summed E-state index contributed by atoms with van der Waals surface area (Å²) in [5.41, 5.74) is 1.84. The molecular weight excluding hydrogens is 351 g/mol. The first-order valence-electron chi connectivity index (χ1n) is 7.93.